The van der Waals surface area contributed by atoms with Crippen molar-refractivity contribution in [2.45, 2.75) is 69.9 Å². The Labute approximate surface area is 208 Å². The molecule has 0 aliphatic carbocycles. The third-order valence-corrected chi connectivity index (χ3v) is 8.31. The van der Waals surface area contributed by atoms with E-state index < -0.39 is 41.0 Å². The number of nitriles is 1. The average Bonchev–Trinajstić information content (AvgIpc) is 3.14. The van der Waals surface area contributed by atoms with Crippen LogP contribution in [0.1, 0.15) is 63.5 Å². The molecule has 2 aromatic rings. The smallest absolute Gasteiger partial charge is 0.321 e. The Morgan fingerprint density at radius 2 is 1.82 bits per heavy atom. The number of hydrogen-bond donors (Lipinski definition) is 2. The monoisotopic (exact) mass is 508 g/mol. The molecule has 2 aromatic carbocycles. The number of aliphatic carboxylic acids is 1. The Hall–Kier alpha value is -2.20. The highest BCUT2D eigenvalue weighted by atomic mass is 35.5. The summed E-state index contributed by atoms with van der Waals surface area (Å²) < 4.78 is 30.8. The van der Waals surface area contributed by atoms with Gasteiger partial charge in [-0.1, -0.05) is 81.4 Å². The van der Waals surface area contributed by atoms with Crippen molar-refractivity contribution in [1.82, 2.24) is 5.32 Å². The number of benzene rings is 2. The molecule has 0 saturated carbocycles. The molecule has 4 nitrogen and oxygen atoms in total. The lowest BCUT2D eigenvalue weighted by atomic mass is 9.61. The summed E-state index contributed by atoms with van der Waals surface area (Å²) in [4.78, 5) is 12.4. The zero-order chi connectivity index (χ0) is 25.3. The van der Waals surface area contributed by atoms with Crippen LogP contribution in [-0.4, -0.2) is 23.2 Å². The predicted octanol–water partition coefficient (Wildman–Crippen LogP) is 6.85. The number of carboxylic acids is 1. The minimum atomic E-state index is -1.73. The number of carbonyl (C=O) groups is 1. The van der Waals surface area contributed by atoms with Crippen LogP contribution in [0.4, 0.5) is 8.78 Å². The molecule has 1 aliphatic rings. The van der Waals surface area contributed by atoms with Gasteiger partial charge in [0.1, 0.15) is 23.1 Å². The fourth-order valence-corrected chi connectivity index (χ4v) is 5.89. The van der Waals surface area contributed by atoms with Crippen molar-refractivity contribution in [2.24, 2.45) is 5.41 Å². The van der Waals surface area contributed by atoms with E-state index in [9.17, 15) is 15.2 Å². The lowest BCUT2D eigenvalue weighted by Crippen LogP contribution is -2.46. The summed E-state index contributed by atoms with van der Waals surface area (Å²) in [5, 5.41) is 23.9. The van der Waals surface area contributed by atoms with E-state index in [1.807, 2.05) is 20.8 Å². The zero-order valence-corrected chi connectivity index (χ0v) is 20.9. The second-order valence-electron chi connectivity index (χ2n) is 9.03. The molecule has 8 heteroatoms. The Kier molecular flexibility index (Phi) is 7.92. The van der Waals surface area contributed by atoms with Gasteiger partial charge in [0.2, 0.25) is 0 Å². The van der Waals surface area contributed by atoms with Crippen LogP contribution in [0.25, 0.3) is 0 Å². The van der Waals surface area contributed by atoms with Crippen molar-refractivity contribution in [3.05, 3.63) is 69.2 Å². The highest BCUT2D eigenvalue weighted by Gasteiger charge is 2.61. The van der Waals surface area contributed by atoms with E-state index in [-0.39, 0.29) is 26.6 Å². The van der Waals surface area contributed by atoms with Crippen molar-refractivity contribution >= 4 is 29.2 Å². The molecule has 0 spiro atoms. The fraction of sp³-hybridized carbons (Fsp3) is 0.462. The van der Waals surface area contributed by atoms with Gasteiger partial charge in [-0.25, -0.2) is 8.78 Å². The number of nitrogens with zero attached hydrogens (tertiary/aromatic N) is 1. The first-order chi connectivity index (χ1) is 16.1. The Balaban J connectivity index is 2.37. The number of rotatable bonds is 8. The maximum Gasteiger partial charge on any atom is 0.321 e. The fourth-order valence-electron chi connectivity index (χ4n) is 5.55. The zero-order valence-electron chi connectivity index (χ0n) is 19.3. The molecular formula is C26H28Cl2F2N2O2. The van der Waals surface area contributed by atoms with Crippen LogP contribution in [0.3, 0.4) is 0 Å². The number of hydrogen-bond acceptors (Lipinski definition) is 3. The lowest BCUT2D eigenvalue weighted by Gasteiger charge is -2.40. The van der Waals surface area contributed by atoms with Crippen LogP contribution >= 0.6 is 23.2 Å². The Bertz CT molecular complexity index is 1110. The van der Waals surface area contributed by atoms with Crippen molar-refractivity contribution in [3.8, 4) is 6.07 Å². The summed E-state index contributed by atoms with van der Waals surface area (Å²) in [6, 6.07) is 8.39. The first kappa shape index (κ1) is 26.4. The third-order valence-electron chi connectivity index (χ3n) is 7.79. The first-order valence-electron chi connectivity index (χ1n) is 11.4. The molecule has 0 aromatic heterocycles. The van der Waals surface area contributed by atoms with Gasteiger partial charge in [0.25, 0.3) is 0 Å². The second-order valence-corrected chi connectivity index (χ2v) is 9.87. The van der Waals surface area contributed by atoms with Crippen molar-refractivity contribution in [1.29, 1.82) is 5.26 Å². The molecule has 1 aliphatic heterocycles. The first-order valence-corrected chi connectivity index (χ1v) is 12.2. The molecule has 1 fully saturated rings. The summed E-state index contributed by atoms with van der Waals surface area (Å²) in [5.74, 6) is -4.05. The molecule has 0 radical (unpaired) electrons. The van der Waals surface area contributed by atoms with Gasteiger partial charge >= 0.3 is 5.97 Å². The number of halogens is 4. The van der Waals surface area contributed by atoms with E-state index in [4.69, 9.17) is 23.2 Å². The minimum Gasteiger partial charge on any atom is -0.480 e. The van der Waals surface area contributed by atoms with E-state index in [1.165, 1.54) is 30.3 Å². The molecule has 182 valence electrons. The maximum atomic E-state index is 15.5. The lowest BCUT2D eigenvalue weighted by molar-refractivity contribution is -0.139. The van der Waals surface area contributed by atoms with Gasteiger partial charge in [-0.3, -0.25) is 10.1 Å². The molecule has 4 atom stereocenters. The molecule has 0 amide bonds. The van der Waals surface area contributed by atoms with Crippen LogP contribution in [-0.2, 0) is 10.2 Å². The summed E-state index contributed by atoms with van der Waals surface area (Å²) in [6.45, 7) is 6.13. The summed E-state index contributed by atoms with van der Waals surface area (Å²) in [7, 11) is 0. The molecule has 2 N–H and O–H groups in total. The van der Waals surface area contributed by atoms with Crippen molar-refractivity contribution < 1.29 is 18.7 Å². The molecule has 1 saturated heterocycles. The predicted molar refractivity (Wildman–Crippen MR) is 129 cm³/mol. The summed E-state index contributed by atoms with van der Waals surface area (Å²) >= 11 is 12.0. The molecule has 3 rings (SSSR count). The third kappa shape index (κ3) is 4.30. The van der Waals surface area contributed by atoms with Gasteiger partial charge in [0, 0.05) is 22.5 Å². The molecule has 34 heavy (non-hydrogen) atoms. The van der Waals surface area contributed by atoms with Crippen LogP contribution in [0.15, 0.2) is 36.4 Å². The Morgan fingerprint density at radius 3 is 2.35 bits per heavy atom. The number of nitrogens with one attached hydrogen (secondary N) is 1. The highest BCUT2D eigenvalue weighted by molar-refractivity contribution is 6.31. The van der Waals surface area contributed by atoms with E-state index in [0.29, 0.717) is 6.42 Å². The summed E-state index contributed by atoms with van der Waals surface area (Å²) in [5.41, 5.74) is -2.00. The standard InChI is InChI=1S/C26H28Cl2F2N2O2/c1-4-25(5-2,6-3)13-20-26(14-31,17-11-10-15(27)12-19(17)29)21(23(32-20)24(33)34)16-8-7-9-18(28)22(16)30/h7-12,20-21,23,32H,4-6,13H2,1-3H3,(H,33,34). The van der Waals surface area contributed by atoms with Crippen molar-refractivity contribution in [2.75, 3.05) is 0 Å². The van der Waals surface area contributed by atoms with E-state index in [2.05, 4.69) is 11.4 Å². The maximum absolute atomic E-state index is 15.5. The quantitative estimate of drug-likeness (QED) is 0.408. The van der Waals surface area contributed by atoms with Crippen LogP contribution in [0.2, 0.25) is 10.0 Å². The van der Waals surface area contributed by atoms with Crippen molar-refractivity contribution in [3.63, 3.8) is 0 Å². The minimum absolute atomic E-state index is 0.0118. The highest BCUT2D eigenvalue weighted by Crippen LogP contribution is 2.53. The molecule has 1 heterocycles. The van der Waals surface area contributed by atoms with Gasteiger partial charge in [-0.05, 0) is 35.6 Å². The largest absolute Gasteiger partial charge is 0.480 e. The SMILES string of the molecule is CCC(CC)(CC)CC1NC(C(=O)O)C(c2cccc(Cl)c2F)C1(C#N)c1ccc(Cl)cc1F. The van der Waals surface area contributed by atoms with Crippen LogP contribution in [0, 0.1) is 28.4 Å². The second kappa shape index (κ2) is 10.2. The average molecular weight is 509 g/mol. The van der Waals surface area contributed by atoms with Crippen LogP contribution < -0.4 is 5.32 Å². The normalized spacial score (nSPS) is 24.7. The van der Waals surface area contributed by atoms with Crippen LogP contribution in [0.5, 0.6) is 0 Å². The topological polar surface area (TPSA) is 73.1 Å². The van der Waals surface area contributed by atoms with E-state index in [1.54, 1.807) is 0 Å². The van der Waals surface area contributed by atoms with E-state index in [0.717, 1.165) is 25.3 Å². The summed E-state index contributed by atoms with van der Waals surface area (Å²) in [6.07, 6.45) is 2.78. The molecule has 4 unspecified atom stereocenters. The van der Waals surface area contributed by atoms with Gasteiger partial charge in [0.15, 0.2) is 0 Å². The molecular weight excluding hydrogens is 481 g/mol. The van der Waals surface area contributed by atoms with Gasteiger partial charge in [-0.2, -0.15) is 5.26 Å². The van der Waals surface area contributed by atoms with Gasteiger partial charge < -0.3 is 5.11 Å². The number of carboxylic acid groups (broad SMARTS) is 1. The molecule has 0 bridgehead atoms. The van der Waals surface area contributed by atoms with Gasteiger partial charge in [0.05, 0.1) is 11.1 Å². The Morgan fingerprint density at radius 1 is 1.18 bits per heavy atom. The van der Waals surface area contributed by atoms with E-state index >= 15 is 8.78 Å². The van der Waals surface area contributed by atoms with Gasteiger partial charge in [-0.15, -0.1) is 0 Å².